The predicted octanol–water partition coefficient (Wildman–Crippen LogP) is 4.16. The van der Waals surface area contributed by atoms with Crippen LogP contribution in [0, 0.1) is 0 Å². The van der Waals surface area contributed by atoms with Gasteiger partial charge in [0.2, 0.25) is 0 Å². The SMILES string of the molecule is CCCCCCCCCCCCCC(=O)N(O)N=C=O. The van der Waals surface area contributed by atoms with Gasteiger partial charge in [0.15, 0.2) is 0 Å². The van der Waals surface area contributed by atoms with E-state index < -0.39 is 5.91 Å². The molecule has 0 aliphatic carbocycles. The molecule has 0 saturated heterocycles. The molecule has 0 heterocycles. The summed E-state index contributed by atoms with van der Waals surface area (Å²) in [4.78, 5) is 21.0. The molecule has 0 radical (unpaired) electrons. The zero-order valence-electron chi connectivity index (χ0n) is 12.6. The zero-order valence-corrected chi connectivity index (χ0v) is 12.6. The summed E-state index contributed by atoms with van der Waals surface area (Å²) >= 11 is 0. The molecule has 5 heteroatoms. The van der Waals surface area contributed by atoms with Crippen molar-refractivity contribution in [3.05, 3.63) is 0 Å². The van der Waals surface area contributed by atoms with E-state index in [2.05, 4.69) is 12.0 Å². The standard InChI is InChI=1S/C15H28N2O3/c1-2-3-4-5-6-7-8-9-10-11-12-13-15(19)17(20)16-14-18/h20H,2-13H2,1H3. The van der Waals surface area contributed by atoms with Crippen molar-refractivity contribution in [2.24, 2.45) is 5.10 Å². The Balaban J connectivity index is 3.24. The lowest BCUT2D eigenvalue weighted by Gasteiger charge is -2.05. The van der Waals surface area contributed by atoms with Crippen molar-refractivity contribution in [3.63, 3.8) is 0 Å². The Bertz CT molecular complexity index is 289. The number of hydroxylamine groups is 1. The highest BCUT2D eigenvalue weighted by atomic mass is 16.5. The Morgan fingerprint density at radius 2 is 1.40 bits per heavy atom. The van der Waals surface area contributed by atoms with E-state index in [0.29, 0.717) is 0 Å². The lowest BCUT2D eigenvalue weighted by Crippen LogP contribution is -2.20. The first kappa shape index (κ1) is 18.8. The summed E-state index contributed by atoms with van der Waals surface area (Å²) < 4.78 is 0. The molecule has 0 aromatic heterocycles. The van der Waals surface area contributed by atoms with Crippen LogP contribution in [0.25, 0.3) is 0 Å². The highest BCUT2D eigenvalue weighted by Crippen LogP contribution is 2.12. The van der Waals surface area contributed by atoms with Crippen LogP contribution in [0.15, 0.2) is 5.10 Å². The van der Waals surface area contributed by atoms with Crippen molar-refractivity contribution in [2.45, 2.75) is 84.0 Å². The first-order valence-electron chi connectivity index (χ1n) is 7.82. The summed E-state index contributed by atoms with van der Waals surface area (Å²) in [5, 5.41) is 11.8. The van der Waals surface area contributed by atoms with Crippen LogP contribution in [0.1, 0.15) is 84.0 Å². The van der Waals surface area contributed by atoms with Crippen LogP contribution < -0.4 is 0 Å². The van der Waals surface area contributed by atoms with Gasteiger partial charge < -0.3 is 0 Å². The van der Waals surface area contributed by atoms with Gasteiger partial charge in [0.05, 0.1) is 0 Å². The molecule has 0 rings (SSSR count). The van der Waals surface area contributed by atoms with E-state index >= 15 is 0 Å². The summed E-state index contributed by atoms with van der Waals surface area (Å²) in [5.74, 6) is -0.552. The molecule has 0 aliphatic rings. The summed E-state index contributed by atoms with van der Waals surface area (Å²) in [6, 6.07) is 0. The number of amides is 1. The van der Waals surface area contributed by atoms with Crippen LogP contribution in [0.3, 0.4) is 0 Å². The maximum absolute atomic E-state index is 11.2. The minimum Gasteiger partial charge on any atom is -0.270 e. The van der Waals surface area contributed by atoms with Gasteiger partial charge in [-0.15, -0.1) is 0 Å². The molecular weight excluding hydrogens is 256 g/mol. The van der Waals surface area contributed by atoms with Crippen LogP contribution in [-0.4, -0.2) is 22.4 Å². The summed E-state index contributed by atoms with van der Waals surface area (Å²) in [6.45, 7) is 2.23. The smallest absolute Gasteiger partial charge is 0.269 e. The minimum atomic E-state index is -0.552. The van der Waals surface area contributed by atoms with E-state index in [4.69, 9.17) is 5.21 Å². The molecule has 116 valence electrons. The molecule has 0 spiro atoms. The number of carbonyl (C=O) groups excluding carboxylic acids is 2. The number of isocyanates is 1. The largest absolute Gasteiger partial charge is 0.270 e. The summed E-state index contributed by atoms with van der Waals surface area (Å²) in [5.41, 5.74) is 0. The molecule has 0 aliphatic heterocycles. The number of carbonyl (C=O) groups is 1. The van der Waals surface area contributed by atoms with Gasteiger partial charge in [-0.2, -0.15) is 0 Å². The number of unbranched alkanes of at least 4 members (excludes halogenated alkanes) is 10. The zero-order chi connectivity index (χ0) is 15.1. The van der Waals surface area contributed by atoms with E-state index in [1.807, 2.05) is 0 Å². The maximum Gasteiger partial charge on any atom is 0.269 e. The molecule has 0 atom stereocenters. The second-order valence-corrected chi connectivity index (χ2v) is 5.16. The molecule has 0 aromatic rings. The molecule has 0 saturated carbocycles. The lowest BCUT2D eigenvalue weighted by atomic mass is 10.1. The van der Waals surface area contributed by atoms with Crippen LogP contribution in [0.2, 0.25) is 0 Å². The van der Waals surface area contributed by atoms with Crippen LogP contribution >= 0.6 is 0 Å². The van der Waals surface area contributed by atoms with E-state index in [1.54, 1.807) is 0 Å². The monoisotopic (exact) mass is 284 g/mol. The van der Waals surface area contributed by atoms with Gasteiger partial charge in [0.1, 0.15) is 0 Å². The summed E-state index contributed by atoms with van der Waals surface area (Å²) in [7, 11) is 0. The van der Waals surface area contributed by atoms with Gasteiger partial charge in [-0.25, -0.2) is 4.79 Å². The highest BCUT2D eigenvalue weighted by Gasteiger charge is 2.08. The molecule has 0 aromatic carbocycles. The van der Waals surface area contributed by atoms with E-state index in [-0.39, 0.29) is 11.6 Å². The van der Waals surface area contributed by atoms with Crippen molar-refractivity contribution in [3.8, 4) is 0 Å². The minimum absolute atomic E-state index is 0.0727. The first-order valence-corrected chi connectivity index (χ1v) is 7.82. The number of hydrogen-bond acceptors (Lipinski definition) is 4. The third-order valence-electron chi connectivity index (χ3n) is 3.35. The Hall–Kier alpha value is -1.19. The highest BCUT2D eigenvalue weighted by molar-refractivity contribution is 5.74. The second-order valence-electron chi connectivity index (χ2n) is 5.16. The summed E-state index contributed by atoms with van der Waals surface area (Å²) in [6.07, 6.45) is 14.6. The van der Waals surface area contributed by atoms with Crippen molar-refractivity contribution >= 4 is 12.0 Å². The molecular formula is C15H28N2O3. The number of hydrogen-bond donors (Lipinski definition) is 1. The van der Waals surface area contributed by atoms with Crippen LogP contribution in [0.4, 0.5) is 0 Å². The lowest BCUT2D eigenvalue weighted by molar-refractivity contribution is -0.165. The first-order chi connectivity index (χ1) is 9.72. The van der Waals surface area contributed by atoms with Crippen molar-refractivity contribution < 1.29 is 14.8 Å². The van der Waals surface area contributed by atoms with Crippen LogP contribution in [-0.2, 0) is 9.59 Å². The third kappa shape index (κ3) is 11.9. The van der Waals surface area contributed by atoms with Crippen molar-refractivity contribution in [1.29, 1.82) is 0 Å². The number of nitrogens with zero attached hydrogens (tertiary/aromatic N) is 2. The Labute approximate surface area is 122 Å². The molecule has 1 amide bonds. The fourth-order valence-corrected chi connectivity index (χ4v) is 2.13. The second kappa shape index (κ2) is 14.2. The number of hydrazone groups is 1. The van der Waals surface area contributed by atoms with Gasteiger partial charge in [-0.1, -0.05) is 81.4 Å². The van der Waals surface area contributed by atoms with Gasteiger partial charge in [0, 0.05) is 6.42 Å². The molecule has 0 bridgehead atoms. The van der Waals surface area contributed by atoms with Gasteiger partial charge in [-0.3, -0.25) is 10.0 Å². The number of rotatable bonds is 13. The predicted molar refractivity (Wildman–Crippen MR) is 77.8 cm³/mol. The Kier molecular flexibility index (Phi) is 13.4. The topological polar surface area (TPSA) is 70.0 Å². The fourth-order valence-electron chi connectivity index (χ4n) is 2.13. The Morgan fingerprint density at radius 3 is 1.85 bits per heavy atom. The molecule has 20 heavy (non-hydrogen) atoms. The van der Waals surface area contributed by atoms with E-state index in [0.717, 1.165) is 25.3 Å². The fraction of sp³-hybridized carbons (Fsp3) is 0.867. The van der Waals surface area contributed by atoms with Gasteiger partial charge in [-0.05, 0) is 6.42 Å². The average molecular weight is 284 g/mol. The van der Waals surface area contributed by atoms with E-state index in [1.165, 1.54) is 51.4 Å². The Morgan fingerprint density at radius 1 is 0.950 bits per heavy atom. The van der Waals surface area contributed by atoms with E-state index in [9.17, 15) is 9.59 Å². The van der Waals surface area contributed by atoms with Gasteiger partial charge in [0.25, 0.3) is 12.0 Å². The van der Waals surface area contributed by atoms with Crippen molar-refractivity contribution in [2.75, 3.05) is 0 Å². The molecule has 0 fully saturated rings. The van der Waals surface area contributed by atoms with Gasteiger partial charge >= 0.3 is 0 Å². The average Bonchev–Trinajstić information content (AvgIpc) is 2.44. The molecule has 0 unspecified atom stereocenters. The van der Waals surface area contributed by atoms with Crippen molar-refractivity contribution in [1.82, 2.24) is 5.17 Å². The van der Waals surface area contributed by atoms with Crippen LogP contribution in [0.5, 0.6) is 0 Å². The third-order valence-corrected chi connectivity index (χ3v) is 3.35. The maximum atomic E-state index is 11.2. The molecule has 1 N–H and O–H groups in total. The normalized spacial score (nSPS) is 10.1. The quantitative estimate of drug-likeness (QED) is 0.181. The molecule has 5 nitrogen and oxygen atoms in total.